The SMILES string of the molecule is CC1(C)c2ccccc2N2CC(=O)NC21C=Cc1ccc2c(c1)Cc1ccccc1-2. The maximum absolute atomic E-state index is 12.5. The van der Waals surface area contributed by atoms with Gasteiger partial charge in [-0.15, -0.1) is 0 Å². The third-order valence-corrected chi connectivity index (χ3v) is 7.21. The summed E-state index contributed by atoms with van der Waals surface area (Å²) in [7, 11) is 0. The van der Waals surface area contributed by atoms with Gasteiger partial charge in [-0.1, -0.05) is 80.6 Å². The first-order valence-electron chi connectivity index (χ1n) is 10.6. The van der Waals surface area contributed by atoms with Gasteiger partial charge in [0, 0.05) is 11.1 Å². The summed E-state index contributed by atoms with van der Waals surface area (Å²) in [6.07, 6.45) is 5.36. The van der Waals surface area contributed by atoms with Gasteiger partial charge in [0.25, 0.3) is 0 Å². The fraction of sp³-hybridized carbons (Fsp3) is 0.222. The summed E-state index contributed by atoms with van der Waals surface area (Å²) < 4.78 is 0. The molecule has 1 atom stereocenters. The van der Waals surface area contributed by atoms with Crippen molar-refractivity contribution in [3.63, 3.8) is 0 Å². The second-order valence-electron chi connectivity index (χ2n) is 9.13. The average molecular weight is 393 g/mol. The largest absolute Gasteiger partial charge is 0.335 e. The number of carbonyl (C=O) groups excluding carboxylic acids is 1. The van der Waals surface area contributed by atoms with Gasteiger partial charge in [0.2, 0.25) is 5.91 Å². The van der Waals surface area contributed by atoms with Crippen LogP contribution < -0.4 is 10.2 Å². The van der Waals surface area contributed by atoms with Crippen molar-refractivity contribution in [2.45, 2.75) is 31.3 Å². The lowest BCUT2D eigenvalue weighted by Gasteiger charge is -2.40. The van der Waals surface area contributed by atoms with E-state index in [0.29, 0.717) is 6.54 Å². The normalized spacial score (nSPS) is 22.6. The van der Waals surface area contributed by atoms with Gasteiger partial charge in [0.15, 0.2) is 0 Å². The summed E-state index contributed by atoms with van der Waals surface area (Å²) >= 11 is 0. The van der Waals surface area contributed by atoms with Gasteiger partial charge in [-0.25, -0.2) is 0 Å². The number of carbonyl (C=O) groups is 1. The summed E-state index contributed by atoms with van der Waals surface area (Å²) in [5, 5.41) is 3.30. The molecule has 2 heterocycles. The van der Waals surface area contributed by atoms with Gasteiger partial charge in [0.1, 0.15) is 5.66 Å². The Balaban J connectivity index is 1.41. The minimum atomic E-state index is -0.546. The quantitative estimate of drug-likeness (QED) is 0.526. The number of benzene rings is 3. The van der Waals surface area contributed by atoms with Gasteiger partial charge >= 0.3 is 0 Å². The highest BCUT2D eigenvalue weighted by atomic mass is 16.2. The maximum atomic E-state index is 12.5. The molecule has 1 aliphatic carbocycles. The van der Waals surface area contributed by atoms with Crippen LogP contribution in [0.1, 0.15) is 36.1 Å². The fourth-order valence-corrected chi connectivity index (χ4v) is 5.63. The van der Waals surface area contributed by atoms with Gasteiger partial charge in [-0.2, -0.15) is 0 Å². The Morgan fingerprint density at radius 2 is 1.70 bits per heavy atom. The molecule has 6 rings (SSSR count). The lowest BCUT2D eigenvalue weighted by molar-refractivity contribution is -0.118. The van der Waals surface area contributed by atoms with Crippen molar-refractivity contribution in [3.05, 3.63) is 95.1 Å². The van der Waals surface area contributed by atoms with Crippen molar-refractivity contribution in [3.8, 4) is 11.1 Å². The van der Waals surface area contributed by atoms with E-state index in [4.69, 9.17) is 0 Å². The zero-order valence-electron chi connectivity index (χ0n) is 17.3. The van der Waals surface area contributed by atoms with Crippen LogP contribution in [-0.4, -0.2) is 18.1 Å². The van der Waals surface area contributed by atoms with E-state index in [0.717, 1.165) is 12.1 Å². The molecule has 0 spiro atoms. The smallest absolute Gasteiger partial charge is 0.241 e. The maximum Gasteiger partial charge on any atom is 0.241 e. The van der Waals surface area contributed by atoms with E-state index in [2.05, 4.69) is 103 Å². The van der Waals surface area contributed by atoms with Crippen molar-refractivity contribution in [2.75, 3.05) is 11.4 Å². The lowest BCUT2D eigenvalue weighted by atomic mass is 9.75. The van der Waals surface area contributed by atoms with Crippen LogP contribution >= 0.6 is 0 Å². The third-order valence-electron chi connectivity index (χ3n) is 7.21. The van der Waals surface area contributed by atoms with Crippen molar-refractivity contribution in [1.29, 1.82) is 0 Å². The summed E-state index contributed by atoms with van der Waals surface area (Å²) in [4.78, 5) is 14.7. The first kappa shape index (κ1) is 17.5. The highest BCUT2D eigenvalue weighted by molar-refractivity contribution is 5.91. The highest BCUT2D eigenvalue weighted by Gasteiger charge is 2.59. The van der Waals surface area contributed by atoms with E-state index in [1.807, 2.05) is 0 Å². The molecule has 2 aliphatic heterocycles. The molecule has 3 aromatic rings. The molecule has 3 aliphatic rings. The Morgan fingerprint density at radius 1 is 0.933 bits per heavy atom. The molecule has 1 amide bonds. The summed E-state index contributed by atoms with van der Waals surface area (Å²) in [6.45, 7) is 4.84. The van der Waals surface area contributed by atoms with Crippen molar-refractivity contribution in [1.82, 2.24) is 5.32 Å². The number of hydrogen-bond donors (Lipinski definition) is 1. The molecule has 148 valence electrons. The van der Waals surface area contributed by atoms with Gasteiger partial charge in [0.05, 0.1) is 6.54 Å². The number of rotatable bonds is 2. The third kappa shape index (κ3) is 2.18. The molecule has 30 heavy (non-hydrogen) atoms. The van der Waals surface area contributed by atoms with Gasteiger partial charge in [-0.3, -0.25) is 4.79 Å². The van der Waals surface area contributed by atoms with Crippen LogP contribution in [0, 0.1) is 0 Å². The van der Waals surface area contributed by atoms with Crippen LogP contribution in [0.15, 0.2) is 72.8 Å². The number of anilines is 1. The number of hydrogen-bond acceptors (Lipinski definition) is 2. The Kier molecular flexibility index (Phi) is 3.42. The van der Waals surface area contributed by atoms with Gasteiger partial charge in [-0.05, 0) is 51.9 Å². The zero-order valence-corrected chi connectivity index (χ0v) is 17.3. The Bertz CT molecular complexity index is 1240. The Hall–Kier alpha value is -3.33. The van der Waals surface area contributed by atoms with Crippen LogP contribution in [0.2, 0.25) is 0 Å². The predicted molar refractivity (Wildman–Crippen MR) is 121 cm³/mol. The fourth-order valence-electron chi connectivity index (χ4n) is 5.63. The van der Waals surface area contributed by atoms with E-state index in [1.54, 1.807) is 0 Å². The molecule has 1 N–H and O–H groups in total. The monoisotopic (exact) mass is 392 g/mol. The van der Waals surface area contributed by atoms with Crippen molar-refractivity contribution >= 4 is 17.7 Å². The summed E-state index contributed by atoms with van der Waals surface area (Å²) in [5.74, 6) is 0.0756. The average Bonchev–Trinajstić information content (AvgIpc) is 3.34. The number of nitrogens with zero attached hydrogens (tertiary/aromatic N) is 1. The summed E-state index contributed by atoms with van der Waals surface area (Å²) in [6, 6.07) is 23.8. The first-order valence-corrected chi connectivity index (χ1v) is 10.6. The van der Waals surface area contributed by atoms with Crippen LogP contribution in [0.25, 0.3) is 17.2 Å². The van der Waals surface area contributed by atoms with Crippen LogP contribution in [0.5, 0.6) is 0 Å². The van der Waals surface area contributed by atoms with E-state index < -0.39 is 5.66 Å². The molecule has 3 nitrogen and oxygen atoms in total. The molecule has 0 bridgehead atoms. The van der Waals surface area contributed by atoms with Crippen LogP contribution in [0.4, 0.5) is 5.69 Å². The number of amides is 1. The first-order chi connectivity index (χ1) is 14.5. The summed E-state index contributed by atoms with van der Waals surface area (Å²) in [5.41, 5.74) is 8.27. The van der Waals surface area contributed by atoms with E-state index in [-0.39, 0.29) is 11.3 Å². The zero-order chi connectivity index (χ0) is 20.5. The molecular formula is C27H24N2O. The number of nitrogens with one attached hydrogen (secondary N) is 1. The highest BCUT2D eigenvalue weighted by Crippen LogP contribution is 2.52. The molecular weight excluding hydrogens is 368 g/mol. The van der Waals surface area contributed by atoms with Crippen LogP contribution in [0.3, 0.4) is 0 Å². The Morgan fingerprint density at radius 3 is 2.60 bits per heavy atom. The molecule has 3 heteroatoms. The standard InChI is InChI=1S/C27H24N2O/c1-26(2)23-9-5-6-10-24(23)29-17-25(30)28-27(26,29)14-13-18-11-12-22-20(15-18)16-19-7-3-4-8-21(19)22/h3-15H,16-17H2,1-2H3,(H,28,30). The minimum absolute atomic E-state index is 0.0756. The second kappa shape index (κ2) is 5.85. The van der Waals surface area contributed by atoms with E-state index in [9.17, 15) is 4.79 Å². The van der Waals surface area contributed by atoms with E-state index >= 15 is 0 Å². The molecule has 1 unspecified atom stereocenters. The van der Waals surface area contributed by atoms with E-state index in [1.165, 1.54) is 33.4 Å². The molecule has 1 fully saturated rings. The molecule has 0 saturated carbocycles. The second-order valence-corrected chi connectivity index (χ2v) is 9.13. The topological polar surface area (TPSA) is 32.3 Å². The number of fused-ring (bicyclic) bond motifs is 6. The number of para-hydroxylation sites is 1. The van der Waals surface area contributed by atoms with Crippen molar-refractivity contribution < 1.29 is 4.79 Å². The minimum Gasteiger partial charge on any atom is -0.335 e. The van der Waals surface area contributed by atoms with Crippen molar-refractivity contribution in [2.24, 2.45) is 0 Å². The van der Waals surface area contributed by atoms with Gasteiger partial charge < -0.3 is 10.2 Å². The lowest BCUT2D eigenvalue weighted by Crippen LogP contribution is -2.58. The molecule has 0 aromatic heterocycles. The molecule has 3 aromatic carbocycles. The van der Waals surface area contributed by atoms with Crippen LogP contribution in [-0.2, 0) is 16.6 Å². The molecule has 0 radical (unpaired) electrons. The Labute approximate surface area is 177 Å². The molecule has 1 saturated heterocycles. The predicted octanol–water partition coefficient (Wildman–Crippen LogP) is 4.89.